The molecule has 3 rings (SSSR count). The number of halogens is 1. The molecule has 2 aromatic rings. The third-order valence-corrected chi connectivity index (χ3v) is 5.54. The summed E-state index contributed by atoms with van der Waals surface area (Å²) >= 11 is 1.66. The van der Waals surface area contributed by atoms with Gasteiger partial charge < -0.3 is 10.6 Å². The highest BCUT2D eigenvalue weighted by Crippen LogP contribution is 2.27. The maximum Gasteiger partial charge on any atom is 0.223 e. The van der Waals surface area contributed by atoms with Gasteiger partial charge in [-0.2, -0.15) is 0 Å². The molecule has 1 amide bonds. The van der Waals surface area contributed by atoms with Gasteiger partial charge in [0.15, 0.2) is 0 Å². The Morgan fingerprint density at radius 2 is 2.12 bits per heavy atom. The molecule has 6 heteroatoms. The summed E-state index contributed by atoms with van der Waals surface area (Å²) in [6.45, 7) is 5.65. The van der Waals surface area contributed by atoms with E-state index in [1.54, 1.807) is 11.3 Å². The van der Waals surface area contributed by atoms with Crippen LogP contribution in [-0.4, -0.2) is 23.5 Å². The van der Waals surface area contributed by atoms with Crippen LogP contribution in [0.15, 0.2) is 30.3 Å². The average Bonchev–Trinajstić information content (AvgIpc) is 2.94. The highest BCUT2D eigenvalue weighted by molar-refractivity contribution is 7.15. The lowest BCUT2D eigenvalue weighted by Gasteiger charge is -2.27. The van der Waals surface area contributed by atoms with Crippen LogP contribution in [-0.2, 0) is 11.3 Å². The standard InChI is InChI=1S/C18H23N3OS.ClH/c1-12-10-15(8-9-19-12)17(22)20-11-16-13(2)21-18(23-16)14-6-4-3-5-7-14;/h3-7,12,15,19H,8-11H2,1-2H3,(H,20,22);1H/t12-,15-;/m0./s1. The molecule has 0 saturated carbocycles. The van der Waals surface area contributed by atoms with Crippen LogP contribution in [0.2, 0.25) is 0 Å². The molecule has 0 spiro atoms. The second-order valence-electron chi connectivity index (χ2n) is 6.19. The van der Waals surface area contributed by atoms with Crippen molar-refractivity contribution in [3.63, 3.8) is 0 Å². The number of piperidine rings is 1. The predicted octanol–water partition coefficient (Wildman–Crippen LogP) is 3.54. The van der Waals surface area contributed by atoms with Gasteiger partial charge in [-0.05, 0) is 33.2 Å². The van der Waals surface area contributed by atoms with E-state index in [1.165, 1.54) is 0 Å². The number of nitrogens with one attached hydrogen (secondary N) is 2. The van der Waals surface area contributed by atoms with Crippen molar-refractivity contribution in [1.29, 1.82) is 0 Å². The summed E-state index contributed by atoms with van der Waals surface area (Å²) in [7, 11) is 0. The van der Waals surface area contributed by atoms with E-state index in [9.17, 15) is 4.79 Å². The maximum absolute atomic E-state index is 12.4. The Labute approximate surface area is 153 Å². The van der Waals surface area contributed by atoms with Gasteiger partial charge in [-0.1, -0.05) is 30.3 Å². The number of carbonyl (C=O) groups is 1. The second kappa shape index (κ2) is 8.60. The third kappa shape index (κ3) is 4.56. The van der Waals surface area contributed by atoms with E-state index in [0.717, 1.165) is 40.5 Å². The fraction of sp³-hybridized carbons (Fsp3) is 0.444. The fourth-order valence-corrected chi connectivity index (χ4v) is 3.99. The number of rotatable bonds is 4. The second-order valence-corrected chi connectivity index (χ2v) is 7.27. The molecule has 0 aliphatic carbocycles. The number of hydrogen-bond donors (Lipinski definition) is 2. The lowest BCUT2D eigenvalue weighted by Crippen LogP contribution is -2.42. The Bertz CT molecular complexity index is 674. The SMILES string of the molecule is Cc1nc(-c2ccccc2)sc1CNC(=O)[C@H]1CCN[C@@H](C)C1.Cl. The number of aromatic nitrogens is 1. The van der Waals surface area contributed by atoms with Crippen LogP contribution in [0.4, 0.5) is 0 Å². The predicted molar refractivity (Wildman–Crippen MR) is 102 cm³/mol. The van der Waals surface area contributed by atoms with Gasteiger partial charge in [-0.3, -0.25) is 4.79 Å². The van der Waals surface area contributed by atoms with Gasteiger partial charge in [-0.15, -0.1) is 23.7 Å². The molecule has 4 nitrogen and oxygen atoms in total. The van der Waals surface area contributed by atoms with Crippen molar-refractivity contribution in [1.82, 2.24) is 15.6 Å². The number of nitrogens with zero attached hydrogens (tertiary/aromatic N) is 1. The monoisotopic (exact) mass is 365 g/mol. The quantitative estimate of drug-likeness (QED) is 0.871. The van der Waals surface area contributed by atoms with Gasteiger partial charge in [0.2, 0.25) is 5.91 Å². The molecular formula is C18H24ClN3OS. The molecule has 2 heterocycles. The van der Waals surface area contributed by atoms with Crippen molar-refractivity contribution in [2.45, 2.75) is 39.3 Å². The van der Waals surface area contributed by atoms with Gasteiger partial charge in [0, 0.05) is 22.4 Å². The van der Waals surface area contributed by atoms with Crippen LogP contribution in [0, 0.1) is 12.8 Å². The van der Waals surface area contributed by atoms with E-state index in [4.69, 9.17) is 0 Å². The van der Waals surface area contributed by atoms with E-state index in [-0.39, 0.29) is 24.2 Å². The number of aryl methyl sites for hydroxylation is 1. The Morgan fingerprint density at radius 3 is 2.83 bits per heavy atom. The molecule has 0 bridgehead atoms. The summed E-state index contributed by atoms with van der Waals surface area (Å²) in [6.07, 6.45) is 1.84. The van der Waals surface area contributed by atoms with Crippen LogP contribution in [0.3, 0.4) is 0 Å². The van der Waals surface area contributed by atoms with Crippen molar-refractivity contribution < 1.29 is 4.79 Å². The van der Waals surface area contributed by atoms with Gasteiger partial charge in [0.25, 0.3) is 0 Å². The molecule has 0 unspecified atom stereocenters. The number of thiazole rings is 1. The normalized spacial score (nSPS) is 20.2. The van der Waals surface area contributed by atoms with Gasteiger partial charge >= 0.3 is 0 Å². The molecule has 130 valence electrons. The molecule has 0 radical (unpaired) electrons. The molecule has 1 aliphatic rings. The molecule has 1 saturated heterocycles. The number of carbonyl (C=O) groups excluding carboxylic acids is 1. The van der Waals surface area contributed by atoms with Crippen molar-refractivity contribution in [2.75, 3.05) is 6.54 Å². The zero-order chi connectivity index (χ0) is 16.2. The summed E-state index contributed by atoms with van der Waals surface area (Å²) in [5.41, 5.74) is 2.14. The van der Waals surface area contributed by atoms with Gasteiger partial charge in [0.1, 0.15) is 5.01 Å². The van der Waals surface area contributed by atoms with Crippen LogP contribution in [0.5, 0.6) is 0 Å². The maximum atomic E-state index is 12.4. The number of hydrogen-bond acceptors (Lipinski definition) is 4. The molecule has 2 atom stereocenters. The first kappa shape index (κ1) is 18.9. The summed E-state index contributed by atoms with van der Waals surface area (Å²) in [5, 5.41) is 7.50. The third-order valence-electron chi connectivity index (χ3n) is 4.33. The molecule has 2 N–H and O–H groups in total. The molecule has 1 fully saturated rings. The molecule has 1 aliphatic heterocycles. The number of benzene rings is 1. The minimum Gasteiger partial charge on any atom is -0.351 e. The van der Waals surface area contributed by atoms with Crippen LogP contribution in [0.25, 0.3) is 10.6 Å². The first-order chi connectivity index (χ1) is 11.1. The smallest absolute Gasteiger partial charge is 0.223 e. The van der Waals surface area contributed by atoms with E-state index in [1.807, 2.05) is 25.1 Å². The van der Waals surface area contributed by atoms with E-state index < -0.39 is 0 Å². The van der Waals surface area contributed by atoms with Crippen molar-refractivity contribution in [2.24, 2.45) is 5.92 Å². The Morgan fingerprint density at radius 1 is 1.38 bits per heavy atom. The van der Waals surface area contributed by atoms with E-state index >= 15 is 0 Å². The van der Waals surface area contributed by atoms with E-state index in [0.29, 0.717) is 12.6 Å². The Hall–Kier alpha value is -1.43. The molecule has 1 aromatic carbocycles. The number of amides is 1. The van der Waals surface area contributed by atoms with Crippen LogP contribution >= 0.6 is 23.7 Å². The Balaban J connectivity index is 0.00000208. The molecule has 1 aromatic heterocycles. The van der Waals surface area contributed by atoms with E-state index in [2.05, 4.69) is 34.7 Å². The highest BCUT2D eigenvalue weighted by atomic mass is 35.5. The summed E-state index contributed by atoms with van der Waals surface area (Å²) in [6, 6.07) is 10.6. The molecular weight excluding hydrogens is 342 g/mol. The lowest BCUT2D eigenvalue weighted by atomic mass is 9.92. The highest BCUT2D eigenvalue weighted by Gasteiger charge is 2.24. The average molecular weight is 366 g/mol. The zero-order valence-electron chi connectivity index (χ0n) is 14.0. The summed E-state index contributed by atoms with van der Waals surface area (Å²) < 4.78 is 0. The zero-order valence-corrected chi connectivity index (χ0v) is 15.7. The van der Waals surface area contributed by atoms with Crippen molar-refractivity contribution in [3.8, 4) is 10.6 Å². The summed E-state index contributed by atoms with van der Waals surface area (Å²) in [5.74, 6) is 0.306. The van der Waals surface area contributed by atoms with Crippen LogP contribution in [0.1, 0.15) is 30.3 Å². The molecule has 24 heavy (non-hydrogen) atoms. The first-order valence-corrected chi connectivity index (χ1v) is 8.98. The fourth-order valence-electron chi connectivity index (χ4n) is 2.98. The summed E-state index contributed by atoms with van der Waals surface area (Å²) in [4.78, 5) is 18.1. The topological polar surface area (TPSA) is 54.0 Å². The van der Waals surface area contributed by atoms with Crippen LogP contribution < -0.4 is 10.6 Å². The first-order valence-electron chi connectivity index (χ1n) is 8.16. The minimum absolute atomic E-state index is 0. The largest absolute Gasteiger partial charge is 0.351 e. The minimum atomic E-state index is 0. The van der Waals surface area contributed by atoms with Crippen molar-refractivity contribution >= 4 is 29.7 Å². The van der Waals surface area contributed by atoms with Gasteiger partial charge in [-0.25, -0.2) is 4.98 Å². The Kier molecular flexibility index (Phi) is 6.78. The van der Waals surface area contributed by atoms with Gasteiger partial charge in [0.05, 0.1) is 12.2 Å². The van der Waals surface area contributed by atoms with Crippen molar-refractivity contribution in [3.05, 3.63) is 40.9 Å². The lowest BCUT2D eigenvalue weighted by molar-refractivity contribution is -0.126.